The van der Waals surface area contributed by atoms with Crippen LogP contribution in [0.4, 0.5) is 4.39 Å². The van der Waals surface area contributed by atoms with E-state index in [0.717, 1.165) is 5.56 Å². The average molecular weight is 375 g/mol. The Morgan fingerprint density at radius 3 is 2.74 bits per heavy atom. The molecule has 0 spiro atoms. The fourth-order valence-electron chi connectivity index (χ4n) is 3.06. The van der Waals surface area contributed by atoms with Crippen molar-refractivity contribution in [2.24, 2.45) is 0 Å². The van der Waals surface area contributed by atoms with Crippen LogP contribution < -0.4 is 0 Å². The molecule has 1 aliphatic heterocycles. The lowest BCUT2D eigenvalue weighted by molar-refractivity contribution is -0.137. The highest BCUT2D eigenvalue weighted by molar-refractivity contribution is 5.79. The molecule has 2 atom stereocenters. The zero-order valence-electron chi connectivity index (χ0n) is 15.3. The molecule has 2 rings (SSSR count). The highest BCUT2D eigenvalue weighted by Crippen LogP contribution is 2.20. The van der Waals surface area contributed by atoms with Gasteiger partial charge in [0, 0.05) is 25.8 Å². The van der Waals surface area contributed by atoms with Gasteiger partial charge in [0.15, 0.2) is 0 Å². The third-order valence-electron chi connectivity index (χ3n) is 4.52. The highest BCUT2D eigenvalue weighted by atomic mass is 19.1. The third kappa shape index (κ3) is 7.35. The van der Waals surface area contributed by atoms with Gasteiger partial charge in [0.2, 0.25) is 5.91 Å². The van der Waals surface area contributed by atoms with Gasteiger partial charge < -0.3 is 15.1 Å². The molecule has 0 aromatic heterocycles. The van der Waals surface area contributed by atoms with Crippen LogP contribution in [0.5, 0.6) is 0 Å². The van der Waals surface area contributed by atoms with Crippen LogP contribution in [-0.2, 0) is 16.0 Å². The first kappa shape index (κ1) is 20.8. The number of hydrogen-bond acceptors (Lipinski definition) is 3. The molecule has 0 saturated carbocycles. The molecule has 1 fully saturated rings. The Kier molecular flexibility index (Phi) is 8.20. The van der Waals surface area contributed by atoms with E-state index in [1.54, 1.807) is 23.1 Å². The van der Waals surface area contributed by atoms with Gasteiger partial charge in [-0.1, -0.05) is 36.4 Å². The van der Waals surface area contributed by atoms with Crippen LogP contribution in [0.15, 0.2) is 48.6 Å². The number of hydrogen-bond donors (Lipinski definition) is 2. The number of unbranched alkanes of at least 4 members (excludes halogenated alkanes) is 1. The SMILES string of the molecule is O=C(O)CCCC=CCN1C(=O)CC[C@@H]1C=C[C@@H](O)Cc1ccc(F)cc1. The molecule has 0 radical (unpaired) electrons. The highest BCUT2D eigenvalue weighted by Gasteiger charge is 2.28. The molecule has 2 N–H and O–H groups in total. The summed E-state index contributed by atoms with van der Waals surface area (Å²) in [6, 6.07) is 5.97. The second kappa shape index (κ2) is 10.6. The number of aliphatic carboxylic acids is 1. The van der Waals surface area contributed by atoms with E-state index in [1.807, 2.05) is 18.2 Å². The number of likely N-dealkylation sites (tertiary alicyclic amines) is 1. The summed E-state index contributed by atoms with van der Waals surface area (Å²) in [5.74, 6) is -1.03. The number of allylic oxidation sites excluding steroid dienone is 1. The van der Waals surface area contributed by atoms with E-state index in [-0.39, 0.29) is 24.2 Å². The summed E-state index contributed by atoms with van der Waals surface area (Å²) in [5, 5.41) is 18.8. The van der Waals surface area contributed by atoms with Crippen molar-refractivity contribution in [1.82, 2.24) is 4.90 Å². The second-order valence-electron chi connectivity index (χ2n) is 6.69. The number of carbonyl (C=O) groups is 2. The molecule has 1 aliphatic rings. The molecule has 1 amide bonds. The Bertz CT molecular complexity index is 684. The Labute approximate surface area is 158 Å². The zero-order chi connectivity index (χ0) is 19.6. The summed E-state index contributed by atoms with van der Waals surface area (Å²) >= 11 is 0. The standard InChI is InChI=1S/C21H26FNO4/c22-17-8-6-16(7-9-17)15-19(24)12-10-18-11-13-20(25)23(18)14-4-2-1-3-5-21(26)27/h2,4,6-10,12,18-19,24H,1,3,5,11,13-15H2,(H,26,27)/t18-,19+/m0/s1. The largest absolute Gasteiger partial charge is 0.481 e. The van der Waals surface area contributed by atoms with Gasteiger partial charge in [-0.25, -0.2) is 4.39 Å². The average Bonchev–Trinajstić information content (AvgIpc) is 2.98. The molecule has 27 heavy (non-hydrogen) atoms. The first-order valence-electron chi connectivity index (χ1n) is 9.23. The number of carboxylic acid groups (broad SMARTS) is 1. The zero-order valence-corrected chi connectivity index (χ0v) is 15.3. The van der Waals surface area contributed by atoms with E-state index in [4.69, 9.17) is 5.11 Å². The quantitative estimate of drug-likeness (QED) is 0.487. The molecule has 0 unspecified atom stereocenters. The second-order valence-corrected chi connectivity index (χ2v) is 6.69. The first-order chi connectivity index (χ1) is 13.0. The van der Waals surface area contributed by atoms with Crippen LogP contribution in [0.2, 0.25) is 0 Å². The number of carboxylic acids is 1. The summed E-state index contributed by atoms with van der Waals surface area (Å²) in [4.78, 5) is 24.3. The van der Waals surface area contributed by atoms with E-state index in [2.05, 4.69) is 0 Å². The van der Waals surface area contributed by atoms with Crippen LogP contribution >= 0.6 is 0 Å². The fourth-order valence-corrected chi connectivity index (χ4v) is 3.06. The van der Waals surface area contributed by atoms with Crippen molar-refractivity contribution >= 4 is 11.9 Å². The minimum Gasteiger partial charge on any atom is -0.481 e. The molecular weight excluding hydrogens is 349 g/mol. The maximum atomic E-state index is 12.9. The summed E-state index contributed by atoms with van der Waals surface area (Å²) in [5.41, 5.74) is 0.845. The first-order valence-corrected chi connectivity index (χ1v) is 9.23. The van der Waals surface area contributed by atoms with Crippen molar-refractivity contribution in [2.45, 2.75) is 50.7 Å². The number of aliphatic hydroxyl groups is 1. The van der Waals surface area contributed by atoms with Crippen molar-refractivity contribution in [2.75, 3.05) is 6.54 Å². The van der Waals surface area contributed by atoms with Crippen molar-refractivity contribution in [3.8, 4) is 0 Å². The lowest BCUT2D eigenvalue weighted by Gasteiger charge is -2.21. The molecule has 0 bridgehead atoms. The number of nitrogens with zero attached hydrogens (tertiary/aromatic N) is 1. The molecule has 1 aromatic carbocycles. The number of amides is 1. The normalized spacial score (nSPS) is 18.7. The lowest BCUT2D eigenvalue weighted by Crippen LogP contribution is -2.32. The predicted molar refractivity (Wildman–Crippen MR) is 101 cm³/mol. The van der Waals surface area contributed by atoms with Crippen LogP contribution in [0.1, 0.15) is 37.7 Å². The topological polar surface area (TPSA) is 77.8 Å². The van der Waals surface area contributed by atoms with Crippen molar-refractivity contribution in [1.29, 1.82) is 0 Å². The van der Waals surface area contributed by atoms with Crippen LogP contribution in [0.25, 0.3) is 0 Å². The summed E-state index contributed by atoms with van der Waals surface area (Å²) in [6.07, 6.45) is 9.63. The molecule has 0 aliphatic carbocycles. The molecule has 1 saturated heterocycles. The number of aliphatic hydroxyl groups excluding tert-OH is 1. The number of carbonyl (C=O) groups excluding carboxylic acids is 1. The lowest BCUT2D eigenvalue weighted by atomic mass is 10.1. The van der Waals surface area contributed by atoms with Gasteiger partial charge in [-0.2, -0.15) is 0 Å². The van der Waals surface area contributed by atoms with Crippen molar-refractivity contribution in [3.05, 3.63) is 60.0 Å². The van der Waals surface area contributed by atoms with Gasteiger partial charge in [0.1, 0.15) is 5.82 Å². The maximum absolute atomic E-state index is 12.9. The van der Waals surface area contributed by atoms with Gasteiger partial charge in [-0.15, -0.1) is 0 Å². The van der Waals surface area contributed by atoms with Gasteiger partial charge >= 0.3 is 5.97 Å². The minimum absolute atomic E-state index is 0.0518. The molecule has 146 valence electrons. The summed E-state index contributed by atoms with van der Waals surface area (Å²) < 4.78 is 12.9. The number of rotatable bonds is 10. The molecule has 5 nitrogen and oxygen atoms in total. The van der Waals surface area contributed by atoms with Gasteiger partial charge in [0.25, 0.3) is 0 Å². The molecule has 1 aromatic rings. The summed E-state index contributed by atoms with van der Waals surface area (Å²) in [6.45, 7) is 0.481. The van der Waals surface area contributed by atoms with Gasteiger partial charge in [-0.3, -0.25) is 9.59 Å². The van der Waals surface area contributed by atoms with E-state index < -0.39 is 12.1 Å². The van der Waals surface area contributed by atoms with Crippen LogP contribution in [0, 0.1) is 5.82 Å². The summed E-state index contributed by atoms with van der Waals surface area (Å²) in [7, 11) is 0. The van der Waals surface area contributed by atoms with E-state index in [0.29, 0.717) is 38.6 Å². The number of halogens is 1. The Hall–Kier alpha value is -2.47. The van der Waals surface area contributed by atoms with Crippen LogP contribution in [0.3, 0.4) is 0 Å². The molecule has 1 heterocycles. The fraction of sp³-hybridized carbons (Fsp3) is 0.429. The maximum Gasteiger partial charge on any atom is 0.303 e. The van der Waals surface area contributed by atoms with Crippen molar-refractivity contribution < 1.29 is 24.2 Å². The van der Waals surface area contributed by atoms with Gasteiger partial charge in [0.05, 0.1) is 12.1 Å². The smallest absolute Gasteiger partial charge is 0.303 e. The molecular formula is C21H26FNO4. The van der Waals surface area contributed by atoms with E-state index in [1.165, 1.54) is 12.1 Å². The monoisotopic (exact) mass is 375 g/mol. The number of benzene rings is 1. The third-order valence-corrected chi connectivity index (χ3v) is 4.52. The molecule has 6 heteroatoms. The van der Waals surface area contributed by atoms with Crippen molar-refractivity contribution in [3.63, 3.8) is 0 Å². The van der Waals surface area contributed by atoms with E-state index >= 15 is 0 Å². The van der Waals surface area contributed by atoms with Crippen LogP contribution in [-0.4, -0.2) is 45.7 Å². The van der Waals surface area contributed by atoms with E-state index in [9.17, 15) is 19.1 Å². The Morgan fingerprint density at radius 1 is 1.30 bits per heavy atom. The van der Waals surface area contributed by atoms with Gasteiger partial charge in [-0.05, 0) is 37.0 Å². The Morgan fingerprint density at radius 2 is 2.04 bits per heavy atom. The predicted octanol–water partition coefficient (Wildman–Crippen LogP) is 3.09. The Balaban J connectivity index is 1.81. The minimum atomic E-state index is -0.803.